The van der Waals surface area contributed by atoms with Crippen molar-refractivity contribution in [1.29, 1.82) is 0 Å². The van der Waals surface area contributed by atoms with E-state index in [-0.39, 0.29) is 30.1 Å². The number of hydrogen-bond donors (Lipinski definition) is 1. The summed E-state index contributed by atoms with van der Waals surface area (Å²) in [6.45, 7) is 6.95. The Morgan fingerprint density at radius 1 is 1.14 bits per heavy atom. The van der Waals surface area contributed by atoms with Crippen molar-refractivity contribution < 1.29 is 19.1 Å². The van der Waals surface area contributed by atoms with Crippen molar-refractivity contribution >= 4 is 11.7 Å². The van der Waals surface area contributed by atoms with Gasteiger partial charge in [0.1, 0.15) is 13.2 Å². The van der Waals surface area contributed by atoms with Crippen LogP contribution in [0, 0.1) is 0 Å². The lowest BCUT2D eigenvalue weighted by atomic mass is 10.0. The molecule has 1 aliphatic heterocycles. The molecule has 0 spiro atoms. The molecule has 1 aromatic rings. The van der Waals surface area contributed by atoms with Gasteiger partial charge in [-0.1, -0.05) is 6.92 Å². The monoisotopic (exact) mass is 305 g/mol. The van der Waals surface area contributed by atoms with Crippen LogP contribution in [0.3, 0.4) is 0 Å². The molecule has 1 heterocycles. The molecule has 0 unspecified atom stereocenters. The Labute approximate surface area is 131 Å². The van der Waals surface area contributed by atoms with Crippen molar-refractivity contribution in [1.82, 2.24) is 5.32 Å². The van der Waals surface area contributed by atoms with Crippen molar-refractivity contribution in [2.75, 3.05) is 13.2 Å². The molecule has 0 atom stereocenters. The molecule has 0 saturated carbocycles. The van der Waals surface area contributed by atoms with Crippen LogP contribution in [-0.2, 0) is 4.79 Å². The summed E-state index contributed by atoms with van der Waals surface area (Å²) in [5.41, 5.74) is 0.309. The lowest BCUT2D eigenvalue weighted by molar-refractivity contribution is -0.122. The Bertz CT molecular complexity index is 566. The second-order valence-electron chi connectivity index (χ2n) is 6.07. The van der Waals surface area contributed by atoms with Crippen LogP contribution in [0.15, 0.2) is 18.2 Å². The summed E-state index contributed by atoms with van der Waals surface area (Å²) < 4.78 is 10.9. The number of rotatable bonds is 6. The number of amides is 1. The van der Waals surface area contributed by atoms with Crippen molar-refractivity contribution in [3.63, 3.8) is 0 Å². The van der Waals surface area contributed by atoms with Gasteiger partial charge in [-0.05, 0) is 38.5 Å². The third kappa shape index (κ3) is 4.23. The maximum atomic E-state index is 12.2. The highest BCUT2D eigenvalue weighted by molar-refractivity contribution is 5.98. The number of ketones is 1. The average molecular weight is 305 g/mol. The van der Waals surface area contributed by atoms with Gasteiger partial charge in [-0.25, -0.2) is 0 Å². The number of carbonyl (C=O) groups excluding carboxylic acids is 2. The number of Topliss-reactive ketones (excluding diaryl/α,β-unsaturated/α-hetero) is 1. The van der Waals surface area contributed by atoms with E-state index in [4.69, 9.17) is 9.47 Å². The molecule has 0 bridgehead atoms. The lowest BCUT2D eigenvalue weighted by Crippen LogP contribution is -2.42. The van der Waals surface area contributed by atoms with Gasteiger partial charge in [0.2, 0.25) is 5.91 Å². The predicted molar refractivity (Wildman–Crippen MR) is 83.5 cm³/mol. The smallest absolute Gasteiger partial charge is 0.220 e. The van der Waals surface area contributed by atoms with E-state index in [1.807, 2.05) is 20.8 Å². The first-order chi connectivity index (χ1) is 10.4. The second-order valence-corrected chi connectivity index (χ2v) is 6.07. The first-order valence-electron chi connectivity index (χ1n) is 7.65. The van der Waals surface area contributed by atoms with Crippen LogP contribution in [0.4, 0.5) is 0 Å². The molecule has 1 amide bonds. The molecular formula is C17H23NO4. The maximum Gasteiger partial charge on any atom is 0.220 e. The number of carbonyl (C=O) groups is 2. The van der Waals surface area contributed by atoms with E-state index in [1.54, 1.807) is 18.2 Å². The van der Waals surface area contributed by atoms with E-state index in [0.29, 0.717) is 30.3 Å². The van der Waals surface area contributed by atoms with Gasteiger partial charge >= 0.3 is 0 Å². The molecular weight excluding hydrogens is 282 g/mol. The minimum atomic E-state index is -0.239. The van der Waals surface area contributed by atoms with Crippen LogP contribution >= 0.6 is 0 Å². The maximum absolute atomic E-state index is 12.2. The highest BCUT2D eigenvalue weighted by Gasteiger charge is 2.19. The van der Waals surface area contributed by atoms with E-state index in [0.717, 1.165) is 6.42 Å². The fourth-order valence-electron chi connectivity index (χ4n) is 2.12. The van der Waals surface area contributed by atoms with E-state index in [9.17, 15) is 9.59 Å². The molecule has 0 saturated heterocycles. The van der Waals surface area contributed by atoms with Crippen LogP contribution in [-0.4, -0.2) is 30.4 Å². The summed E-state index contributed by atoms with van der Waals surface area (Å²) in [6.07, 6.45) is 1.22. The minimum Gasteiger partial charge on any atom is -0.486 e. The third-order valence-electron chi connectivity index (χ3n) is 3.80. The Kier molecular flexibility index (Phi) is 5.06. The standard InChI is InChI=1S/C17H23NO4/c1-4-17(2,3)18-16(20)8-6-13(19)12-5-7-14-15(11-12)22-10-9-21-14/h5,7,11H,4,6,8-10H2,1-3H3,(H,18,20). The summed E-state index contributed by atoms with van der Waals surface area (Å²) in [5, 5.41) is 2.93. The molecule has 120 valence electrons. The molecule has 1 aromatic carbocycles. The molecule has 0 fully saturated rings. The molecule has 0 aromatic heterocycles. The fourth-order valence-corrected chi connectivity index (χ4v) is 2.12. The number of benzene rings is 1. The molecule has 5 heteroatoms. The fraction of sp³-hybridized carbons (Fsp3) is 0.529. The summed E-state index contributed by atoms with van der Waals surface area (Å²) in [4.78, 5) is 24.1. The Morgan fingerprint density at radius 3 is 2.50 bits per heavy atom. The molecule has 1 aliphatic rings. The first-order valence-corrected chi connectivity index (χ1v) is 7.65. The predicted octanol–water partition coefficient (Wildman–Crippen LogP) is 2.73. The molecule has 0 aliphatic carbocycles. The summed E-state index contributed by atoms with van der Waals surface area (Å²) in [5.74, 6) is 1.08. The lowest BCUT2D eigenvalue weighted by Gasteiger charge is -2.24. The minimum absolute atomic E-state index is 0.0681. The van der Waals surface area contributed by atoms with E-state index >= 15 is 0 Å². The van der Waals surface area contributed by atoms with Crippen molar-refractivity contribution in [3.8, 4) is 11.5 Å². The number of nitrogens with one attached hydrogen (secondary N) is 1. The normalized spacial score (nSPS) is 13.6. The van der Waals surface area contributed by atoms with Crippen molar-refractivity contribution in [3.05, 3.63) is 23.8 Å². The van der Waals surface area contributed by atoms with Gasteiger partial charge in [0.25, 0.3) is 0 Å². The van der Waals surface area contributed by atoms with Crippen LogP contribution in [0.2, 0.25) is 0 Å². The van der Waals surface area contributed by atoms with Gasteiger partial charge in [-0.2, -0.15) is 0 Å². The van der Waals surface area contributed by atoms with Gasteiger partial charge in [-0.3, -0.25) is 9.59 Å². The number of hydrogen-bond acceptors (Lipinski definition) is 4. The number of fused-ring (bicyclic) bond motifs is 1. The molecule has 2 rings (SSSR count). The van der Waals surface area contributed by atoms with Gasteiger partial charge in [0.05, 0.1) is 0 Å². The van der Waals surface area contributed by atoms with Crippen LogP contribution in [0.5, 0.6) is 11.5 Å². The van der Waals surface area contributed by atoms with E-state index in [1.165, 1.54) is 0 Å². The average Bonchev–Trinajstić information content (AvgIpc) is 2.51. The quantitative estimate of drug-likeness (QED) is 0.821. The molecule has 5 nitrogen and oxygen atoms in total. The molecule has 22 heavy (non-hydrogen) atoms. The topological polar surface area (TPSA) is 64.6 Å². The van der Waals surface area contributed by atoms with Crippen molar-refractivity contribution in [2.45, 2.75) is 45.6 Å². The van der Waals surface area contributed by atoms with Crippen LogP contribution in [0.1, 0.15) is 50.4 Å². The van der Waals surface area contributed by atoms with Crippen LogP contribution in [0.25, 0.3) is 0 Å². The SMILES string of the molecule is CCC(C)(C)NC(=O)CCC(=O)c1ccc2c(c1)OCCO2. The summed E-state index contributed by atoms with van der Waals surface area (Å²) in [6, 6.07) is 5.14. The number of ether oxygens (including phenoxy) is 2. The third-order valence-corrected chi connectivity index (χ3v) is 3.80. The van der Waals surface area contributed by atoms with E-state index < -0.39 is 0 Å². The van der Waals surface area contributed by atoms with Gasteiger partial charge in [0.15, 0.2) is 17.3 Å². The second kappa shape index (κ2) is 6.81. The Morgan fingerprint density at radius 2 is 1.82 bits per heavy atom. The molecule has 0 radical (unpaired) electrons. The first kappa shape index (κ1) is 16.3. The summed E-state index contributed by atoms with van der Waals surface area (Å²) >= 11 is 0. The highest BCUT2D eigenvalue weighted by atomic mass is 16.6. The van der Waals surface area contributed by atoms with Crippen molar-refractivity contribution in [2.24, 2.45) is 0 Å². The largest absolute Gasteiger partial charge is 0.486 e. The zero-order valence-corrected chi connectivity index (χ0v) is 13.4. The zero-order valence-electron chi connectivity index (χ0n) is 13.4. The van der Waals surface area contributed by atoms with Gasteiger partial charge in [-0.15, -0.1) is 0 Å². The Hall–Kier alpha value is -2.04. The molecule has 1 N–H and O–H groups in total. The highest BCUT2D eigenvalue weighted by Crippen LogP contribution is 2.31. The zero-order chi connectivity index (χ0) is 16.2. The van der Waals surface area contributed by atoms with Gasteiger partial charge < -0.3 is 14.8 Å². The van der Waals surface area contributed by atoms with Crippen LogP contribution < -0.4 is 14.8 Å². The van der Waals surface area contributed by atoms with E-state index in [2.05, 4.69) is 5.32 Å². The Balaban J connectivity index is 1.91. The summed E-state index contributed by atoms with van der Waals surface area (Å²) in [7, 11) is 0. The van der Waals surface area contributed by atoms with Gasteiger partial charge in [0, 0.05) is 23.9 Å².